The minimum absolute atomic E-state index is 0.0129. The molecular formula is C17H18N4O. The largest absolute Gasteiger partial charge is 0.337 e. The fraction of sp³-hybridized carbons (Fsp3) is 0.353. The molecule has 1 aliphatic heterocycles. The normalized spacial score (nSPS) is 15.5. The van der Waals surface area contributed by atoms with Gasteiger partial charge in [0.25, 0.3) is 5.91 Å². The highest BCUT2D eigenvalue weighted by atomic mass is 16.2. The summed E-state index contributed by atoms with van der Waals surface area (Å²) in [5, 5.41) is 13.0. The van der Waals surface area contributed by atoms with E-state index in [-0.39, 0.29) is 5.91 Å². The zero-order chi connectivity index (χ0) is 15.5. The lowest BCUT2D eigenvalue weighted by atomic mass is 9.89. The molecule has 22 heavy (non-hydrogen) atoms. The van der Waals surface area contributed by atoms with Crippen LogP contribution in [-0.4, -0.2) is 33.7 Å². The van der Waals surface area contributed by atoms with Crippen LogP contribution in [0.25, 0.3) is 0 Å². The van der Waals surface area contributed by atoms with Crippen LogP contribution in [0, 0.1) is 11.3 Å². The third-order valence-electron chi connectivity index (χ3n) is 4.23. The number of aromatic nitrogens is 2. The van der Waals surface area contributed by atoms with Gasteiger partial charge in [-0.3, -0.25) is 9.48 Å². The van der Waals surface area contributed by atoms with Crippen molar-refractivity contribution in [2.75, 3.05) is 13.1 Å². The Morgan fingerprint density at radius 2 is 1.91 bits per heavy atom. The smallest absolute Gasteiger partial charge is 0.274 e. The number of piperidine rings is 1. The van der Waals surface area contributed by atoms with Gasteiger partial charge in [-0.2, -0.15) is 10.4 Å². The number of hydrogen-bond acceptors (Lipinski definition) is 3. The van der Waals surface area contributed by atoms with Crippen LogP contribution in [0.4, 0.5) is 0 Å². The second kappa shape index (κ2) is 6.02. The van der Waals surface area contributed by atoms with Crippen molar-refractivity contribution in [3.8, 4) is 6.07 Å². The fourth-order valence-electron chi connectivity index (χ4n) is 2.94. The summed E-state index contributed by atoms with van der Waals surface area (Å²) in [4.78, 5) is 14.2. The zero-order valence-electron chi connectivity index (χ0n) is 12.6. The van der Waals surface area contributed by atoms with Gasteiger partial charge in [-0.25, -0.2) is 0 Å². The molecule has 1 amide bonds. The van der Waals surface area contributed by atoms with Gasteiger partial charge >= 0.3 is 0 Å². The zero-order valence-corrected chi connectivity index (χ0v) is 12.6. The molecule has 5 nitrogen and oxygen atoms in total. The minimum Gasteiger partial charge on any atom is -0.337 e. The number of likely N-dealkylation sites (tertiary alicyclic amines) is 1. The summed E-state index contributed by atoms with van der Waals surface area (Å²) < 4.78 is 1.65. The van der Waals surface area contributed by atoms with E-state index in [0.29, 0.717) is 17.2 Å². The van der Waals surface area contributed by atoms with Gasteiger partial charge in [0.05, 0.1) is 11.6 Å². The first kappa shape index (κ1) is 14.3. The molecule has 0 radical (unpaired) electrons. The molecule has 3 rings (SSSR count). The summed E-state index contributed by atoms with van der Waals surface area (Å²) in [7, 11) is 1.81. The standard InChI is InChI=1S/C17H18N4O/c1-20-9-8-16(19-20)17(22)21-10-6-15(7-11-21)14-4-2-13(12-18)3-5-14/h2-5,8-9,15H,6-7,10-11H2,1H3. The van der Waals surface area contributed by atoms with Crippen molar-refractivity contribution in [1.82, 2.24) is 14.7 Å². The number of amides is 1. The van der Waals surface area contributed by atoms with Gasteiger partial charge in [0.2, 0.25) is 0 Å². The number of carbonyl (C=O) groups excluding carboxylic acids is 1. The van der Waals surface area contributed by atoms with Gasteiger partial charge in [0.1, 0.15) is 5.69 Å². The molecule has 2 aromatic rings. The van der Waals surface area contributed by atoms with Gasteiger partial charge in [-0.15, -0.1) is 0 Å². The number of nitrogens with zero attached hydrogens (tertiary/aromatic N) is 4. The molecule has 1 aromatic carbocycles. The summed E-state index contributed by atoms with van der Waals surface area (Å²) in [6.45, 7) is 1.50. The summed E-state index contributed by atoms with van der Waals surface area (Å²) in [5.41, 5.74) is 2.45. The van der Waals surface area contributed by atoms with E-state index in [2.05, 4.69) is 11.2 Å². The van der Waals surface area contributed by atoms with Crippen molar-refractivity contribution < 1.29 is 4.79 Å². The summed E-state index contributed by atoms with van der Waals surface area (Å²) in [6, 6.07) is 11.7. The molecule has 1 aliphatic rings. The molecule has 1 aromatic heterocycles. The van der Waals surface area contributed by atoms with Gasteiger partial charge < -0.3 is 4.90 Å². The predicted octanol–water partition coefficient (Wildman–Crippen LogP) is 2.31. The first-order chi connectivity index (χ1) is 10.7. The topological polar surface area (TPSA) is 61.9 Å². The predicted molar refractivity (Wildman–Crippen MR) is 82.2 cm³/mol. The maximum atomic E-state index is 12.4. The average molecular weight is 294 g/mol. The van der Waals surface area contributed by atoms with Crippen LogP contribution < -0.4 is 0 Å². The van der Waals surface area contributed by atoms with Gasteiger partial charge in [0.15, 0.2) is 0 Å². The third-order valence-corrected chi connectivity index (χ3v) is 4.23. The van der Waals surface area contributed by atoms with Crippen LogP contribution in [0.2, 0.25) is 0 Å². The van der Waals surface area contributed by atoms with Crippen molar-refractivity contribution in [3.63, 3.8) is 0 Å². The highest BCUT2D eigenvalue weighted by Gasteiger charge is 2.25. The molecular weight excluding hydrogens is 276 g/mol. The van der Waals surface area contributed by atoms with E-state index in [9.17, 15) is 4.79 Å². The molecule has 0 unspecified atom stereocenters. The summed E-state index contributed by atoms with van der Waals surface area (Å²) >= 11 is 0. The molecule has 0 N–H and O–H groups in total. The number of carbonyl (C=O) groups is 1. The molecule has 0 spiro atoms. The monoisotopic (exact) mass is 294 g/mol. The van der Waals surface area contributed by atoms with E-state index in [1.807, 2.05) is 36.2 Å². The Morgan fingerprint density at radius 3 is 2.45 bits per heavy atom. The van der Waals surface area contributed by atoms with Crippen LogP contribution in [0.15, 0.2) is 36.5 Å². The Morgan fingerprint density at radius 1 is 1.23 bits per heavy atom. The number of rotatable bonds is 2. The van der Waals surface area contributed by atoms with Crippen molar-refractivity contribution in [1.29, 1.82) is 5.26 Å². The van der Waals surface area contributed by atoms with E-state index in [0.717, 1.165) is 25.9 Å². The Labute approximate surface area is 129 Å². The lowest BCUT2D eigenvalue weighted by Crippen LogP contribution is -2.38. The Hall–Kier alpha value is -2.61. The Balaban J connectivity index is 1.62. The van der Waals surface area contributed by atoms with Crippen molar-refractivity contribution in [2.24, 2.45) is 7.05 Å². The lowest BCUT2D eigenvalue weighted by molar-refractivity contribution is 0.0706. The van der Waals surface area contributed by atoms with Crippen LogP contribution >= 0.6 is 0 Å². The molecule has 5 heteroatoms. The van der Waals surface area contributed by atoms with E-state index >= 15 is 0 Å². The molecule has 0 aliphatic carbocycles. The first-order valence-corrected chi connectivity index (χ1v) is 7.46. The molecule has 0 bridgehead atoms. The van der Waals surface area contributed by atoms with E-state index in [1.165, 1.54) is 5.56 Å². The lowest BCUT2D eigenvalue weighted by Gasteiger charge is -2.31. The molecule has 112 valence electrons. The van der Waals surface area contributed by atoms with E-state index in [1.54, 1.807) is 16.9 Å². The van der Waals surface area contributed by atoms with Gasteiger partial charge in [-0.1, -0.05) is 12.1 Å². The fourth-order valence-corrected chi connectivity index (χ4v) is 2.94. The maximum Gasteiger partial charge on any atom is 0.274 e. The number of aryl methyl sites for hydroxylation is 1. The van der Waals surface area contributed by atoms with Crippen LogP contribution in [0.5, 0.6) is 0 Å². The average Bonchev–Trinajstić information content (AvgIpc) is 3.01. The highest BCUT2D eigenvalue weighted by Crippen LogP contribution is 2.28. The second-order valence-electron chi connectivity index (χ2n) is 5.67. The quantitative estimate of drug-likeness (QED) is 0.854. The minimum atomic E-state index is 0.0129. The second-order valence-corrected chi connectivity index (χ2v) is 5.67. The van der Waals surface area contributed by atoms with E-state index in [4.69, 9.17) is 5.26 Å². The third kappa shape index (κ3) is 2.86. The summed E-state index contributed by atoms with van der Waals surface area (Å²) in [6.07, 6.45) is 3.69. The van der Waals surface area contributed by atoms with Crippen molar-refractivity contribution >= 4 is 5.91 Å². The Bertz CT molecular complexity index is 703. The van der Waals surface area contributed by atoms with Gasteiger partial charge in [0, 0.05) is 26.3 Å². The van der Waals surface area contributed by atoms with Gasteiger partial charge in [-0.05, 0) is 42.5 Å². The number of nitriles is 1. The Kier molecular flexibility index (Phi) is 3.92. The maximum absolute atomic E-state index is 12.4. The van der Waals surface area contributed by atoms with E-state index < -0.39 is 0 Å². The van der Waals surface area contributed by atoms with Crippen molar-refractivity contribution in [3.05, 3.63) is 53.3 Å². The summed E-state index contributed by atoms with van der Waals surface area (Å²) in [5.74, 6) is 0.472. The van der Waals surface area contributed by atoms with Crippen molar-refractivity contribution in [2.45, 2.75) is 18.8 Å². The first-order valence-electron chi connectivity index (χ1n) is 7.46. The van der Waals surface area contributed by atoms with Crippen LogP contribution in [0.3, 0.4) is 0 Å². The highest BCUT2D eigenvalue weighted by molar-refractivity contribution is 5.92. The van der Waals surface area contributed by atoms with Crippen LogP contribution in [0.1, 0.15) is 40.4 Å². The molecule has 1 saturated heterocycles. The molecule has 2 heterocycles. The molecule has 0 atom stereocenters. The number of benzene rings is 1. The number of hydrogen-bond donors (Lipinski definition) is 0. The molecule has 1 fully saturated rings. The molecule has 0 saturated carbocycles. The SMILES string of the molecule is Cn1ccc(C(=O)N2CCC(c3ccc(C#N)cc3)CC2)n1. The van der Waals surface area contributed by atoms with Crippen LogP contribution in [-0.2, 0) is 7.05 Å².